The Balaban J connectivity index is 1.56. The first-order chi connectivity index (χ1) is 12.7. The molecule has 0 bridgehead atoms. The summed E-state index contributed by atoms with van der Waals surface area (Å²) in [5.41, 5.74) is 3.86. The average molecular weight is 366 g/mol. The van der Waals surface area contributed by atoms with Crippen LogP contribution in [0, 0.1) is 0 Å². The Bertz CT molecular complexity index is 798. The average Bonchev–Trinajstić information content (AvgIpc) is 3.08. The number of thioether (sulfide) groups is 1. The van der Waals surface area contributed by atoms with Crippen LogP contribution in [0.4, 0.5) is 11.4 Å². The fourth-order valence-corrected chi connectivity index (χ4v) is 3.42. The summed E-state index contributed by atoms with van der Waals surface area (Å²) in [6, 6.07) is 15.6. The molecule has 4 nitrogen and oxygen atoms in total. The van der Waals surface area contributed by atoms with E-state index in [1.54, 1.807) is 22.7 Å². The quantitative estimate of drug-likeness (QED) is 0.774. The molecule has 1 heterocycles. The first-order valence-corrected chi connectivity index (χ1v) is 10.0. The van der Waals surface area contributed by atoms with E-state index in [1.165, 1.54) is 11.6 Å². The second-order valence-electron chi connectivity index (χ2n) is 6.19. The maximum atomic E-state index is 12.1. The molecule has 1 N–H and O–H groups in total. The number of benzene rings is 2. The predicted molar refractivity (Wildman–Crippen MR) is 109 cm³/mol. The lowest BCUT2D eigenvalue weighted by Gasteiger charge is -2.15. The molecule has 0 aromatic heterocycles. The number of hydrogen-bond acceptors (Lipinski definition) is 3. The fourth-order valence-electron chi connectivity index (χ4n) is 2.89. The van der Waals surface area contributed by atoms with Gasteiger partial charge in [0.2, 0.25) is 11.8 Å². The van der Waals surface area contributed by atoms with Crippen molar-refractivity contribution in [3.05, 3.63) is 65.7 Å². The maximum absolute atomic E-state index is 12.1. The molecule has 5 heteroatoms. The van der Waals surface area contributed by atoms with Crippen LogP contribution in [-0.4, -0.2) is 24.6 Å². The number of anilines is 2. The van der Waals surface area contributed by atoms with Crippen molar-refractivity contribution in [2.24, 2.45) is 0 Å². The lowest BCUT2D eigenvalue weighted by molar-refractivity contribution is -0.117. The van der Waals surface area contributed by atoms with Crippen molar-refractivity contribution in [2.45, 2.75) is 18.6 Å². The zero-order chi connectivity index (χ0) is 18.4. The molecule has 2 amide bonds. The molecule has 2 aromatic rings. The van der Waals surface area contributed by atoms with E-state index >= 15 is 0 Å². The Morgan fingerprint density at radius 3 is 2.50 bits per heavy atom. The smallest absolute Gasteiger partial charge is 0.248 e. The van der Waals surface area contributed by atoms with Crippen LogP contribution in [0.15, 0.2) is 54.6 Å². The molecule has 1 aliphatic rings. The van der Waals surface area contributed by atoms with E-state index in [9.17, 15) is 9.59 Å². The van der Waals surface area contributed by atoms with Gasteiger partial charge in [-0.25, -0.2) is 0 Å². The van der Waals surface area contributed by atoms with Gasteiger partial charge >= 0.3 is 0 Å². The minimum atomic E-state index is -0.165. The van der Waals surface area contributed by atoms with Gasteiger partial charge in [-0.2, -0.15) is 11.8 Å². The molecule has 0 atom stereocenters. The highest BCUT2D eigenvalue weighted by Crippen LogP contribution is 2.22. The van der Waals surface area contributed by atoms with E-state index in [-0.39, 0.29) is 11.8 Å². The van der Waals surface area contributed by atoms with Crippen molar-refractivity contribution < 1.29 is 9.59 Å². The molecule has 0 unspecified atom stereocenters. The standard InChI is InChI=1S/C21H22N2O2S/c1-26-15-17-4-9-18(10-5-17)22-20(24)13-8-16-6-11-19(12-7-16)23-14-2-3-21(23)25/h4-13H,2-3,14-15H2,1H3,(H,22,24). The van der Waals surface area contributed by atoms with Gasteiger partial charge in [0.1, 0.15) is 0 Å². The monoisotopic (exact) mass is 366 g/mol. The third kappa shape index (κ3) is 4.76. The summed E-state index contributed by atoms with van der Waals surface area (Å²) in [6.07, 6.45) is 6.90. The van der Waals surface area contributed by atoms with Gasteiger partial charge in [0, 0.05) is 36.2 Å². The number of rotatable bonds is 6. The van der Waals surface area contributed by atoms with Crippen LogP contribution in [0.1, 0.15) is 24.0 Å². The van der Waals surface area contributed by atoms with Crippen molar-refractivity contribution >= 4 is 41.0 Å². The molecule has 1 aliphatic heterocycles. The first-order valence-electron chi connectivity index (χ1n) is 8.63. The first kappa shape index (κ1) is 18.3. The molecule has 0 saturated carbocycles. The van der Waals surface area contributed by atoms with Crippen molar-refractivity contribution in [1.82, 2.24) is 0 Å². The molecule has 134 valence electrons. The molecule has 1 fully saturated rings. The highest BCUT2D eigenvalue weighted by atomic mass is 32.2. The molecule has 0 aliphatic carbocycles. The molecule has 26 heavy (non-hydrogen) atoms. The zero-order valence-corrected chi connectivity index (χ0v) is 15.6. The molecule has 0 radical (unpaired) electrons. The molecular weight excluding hydrogens is 344 g/mol. The maximum Gasteiger partial charge on any atom is 0.248 e. The Morgan fingerprint density at radius 2 is 1.88 bits per heavy atom. The number of nitrogens with zero attached hydrogens (tertiary/aromatic N) is 1. The second-order valence-corrected chi connectivity index (χ2v) is 7.06. The summed E-state index contributed by atoms with van der Waals surface area (Å²) < 4.78 is 0. The van der Waals surface area contributed by atoms with Crippen LogP contribution >= 0.6 is 11.8 Å². The predicted octanol–water partition coefficient (Wildman–Crippen LogP) is 4.33. The van der Waals surface area contributed by atoms with Gasteiger partial charge in [0.15, 0.2) is 0 Å². The lowest BCUT2D eigenvalue weighted by atomic mass is 10.2. The summed E-state index contributed by atoms with van der Waals surface area (Å²) in [5.74, 6) is 0.977. The topological polar surface area (TPSA) is 49.4 Å². The van der Waals surface area contributed by atoms with Gasteiger partial charge in [-0.05, 0) is 54.1 Å². The van der Waals surface area contributed by atoms with Gasteiger partial charge in [-0.15, -0.1) is 0 Å². The highest BCUT2D eigenvalue weighted by molar-refractivity contribution is 7.97. The van der Waals surface area contributed by atoms with Crippen LogP contribution < -0.4 is 10.2 Å². The second kappa shape index (κ2) is 8.72. The normalized spacial score (nSPS) is 14.2. The van der Waals surface area contributed by atoms with E-state index in [0.717, 1.165) is 35.7 Å². The van der Waals surface area contributed by atoms with Crippen LogP contribution in [0.2, 0.25) is 0 Å². The van der Waals surface area contributed by atoms with Crippen LogP contribution in [0.5, 0.6) is 0 Å². The van der Waals surface area contributed by atoms with E-state index < -0.39 is 0 Å². The molecule has 1 saturated heterocycles. The van der Waals surface area contributed by atoms with E-state index in [0.29, 0.717) is 6.42 Å². The Hall–Kier alpha value is -2.53. The van der Waals surface area contributed by atoms with E-state index in [2.05, 4.69) is 11.6 Å². The fraction of sp³-hybridized carbons (Fsp3) is 0.238. The van der Waals surface area contributed by atoms with Gasteiger partial charge < -0.3 is 10.2 Å². The number of carbonyl (C=O) groups excluding carboxylic acids is 2. The van der Waals surface area contributed by atoms with Crippen LogP contribution in [0.25, 0.3) is 6.08 Å². The SMILES string of the molecule is CSCc1ccc(NC(=O)C=Cc2ccc(N3CCCC3=O)cc2)cc1. The Labute approximate surface area is 158 Å². The van der Waals surface area contributed by atoms with Crippen molar-refractivity contribution in [3.63, 3.8) is 0 Å². The molecule has 0 spiro atoms. The third-order valence-electron chi connectivity index (χ3n) is 4.24. The van der Waals surface area contributed by atoms with Crippen molar-refractivity contribution in [1.29, 1.82) is 0 Å². The Kier molecular flexibility index (Phi) is 6.12. The van der Waals surface area contributed by atoms with Crippen LogP contribution in [-0.2, 0) is 15.3 Å². The molecular formula is C21H22N2O2S. The van der Waals surface area contributed by atoms with Crippen LogP contribution in [0.3, 0.4) is 0 Å². The van der Waals surface area contributed by atoms with Crippen molar-refractivity contribution in [3.8, 4) is 0 Å². The summed E-state index contributed by atoms with van der Waals surface area (Å²) in [6.45, 7) is 0.784. The Morgan fingerprint density at radius 1 is 1.15 bits per heavy atom. The third-order valence-corrected chi connectivity index (χ3v) is 4.86. The van der Waals surface area contributed by atoms with Crippen molar-refractivity contribution in [2.75, 3.05) is 23.0 Å². The minimum Gasteiger partial charge on any atom is -0.323 e. The number of amides is 2. The molecule has 3 rings (SSSR count). The number of hydrogen-bond donors (Lipinski definition) is 1. The van der Waals surface area contributed by atoms with Gasteiger partial charge in [-0.3, -0.25) is 9.59 Å². The number of nitrogens with one attached hydrogen (secondary N) is 1. The zero-order valence-electron chi connectivity index (χ0n) is 14.8. The number of carbonyl (C=O) groups is 2. The van der Waals surface area contributed by atoms with E-state index in [1.807, 2.05) is 48.5 Å². The highest BCUT2D eigenvalue weighted by Gasteiger charge is 2.21. The summed E-state index contributed by atoms with van der Waals surface area (Å²) in [4.78, 5) is 25.6. The van der Waals surface area contributed by atoms with Gasteiger partial charge in [0.25, 0.3) is 0 Å². The summed E-state index contributed by atoms with van der Waals surface area (Å²) in [5, 5.41) is 2.86. The van der Waals surface area contributed by atoms with E-state index in [4.69, 9.17) is 0 Å². The largest absolute Gasteiger partial charge is 0.323 e. The lowest BCUT2D eigenvalue weighted by Crippen LogP contribution is -2.23. The minimum absolute atomic E-state index is 0.165. The van der Waals surface area contributed by atoms with Gasteiger partial charge in [-0.1, -0.05) is 24.3 Å². The summed E-state index contributed by atoms with van der Waals surface area (Å²) in [7, 11) is 0. The summed E-state index contributed by atoms with van der Waals surface area (Å²) >= 11 is 1.77. The van der Waals surface area contributed by atoms with Gasteiger partial charge in [0.05, 0.1) is 0 Å². The molecule has 2 aromatic carbocycles.